The fraction of sp³-hybridized carbons (Fsp3) is 0. The van der Waals surface area contributed by atoms with Gasteiger partial charge in [-0.05, 0) is 36.4 Å². The molecule has 0 saturated carbocycles. The van der Waals surface area contributed by atoms with Gasteiger partial charge in [-0.3, -0.25) is 4.79 Å². The normalized spacial score (nSPS) is 10.7. The van der Waals surface area contributed by atoms with Crippen LogP contribution in [0, 0.1) is 0 Å². The number of phenolic OH excluding ortho intramolecular Hbond substituents is 1. The summed E-state index contributed by atoms with van der Waals surface area (Å²) in [6.45, 7) is 0. The second-order valence-corrected chi connectivity index (χ2v) is 5.59. The van der Waals surface area contributed by atoms with Crippen LogP contribution in [0.1, 0.15) is 10.4 Å². The van der Waals surface area contributed by atoms with Crippen LogP contribution < -0.4 is 10.9 Å². The van der Waals surface area contributed by atoms with Crippen LogP contribution in [0.4, 0.5) is 5.69 Å². The maximum absolute atomic E-state index is 12.3. The van der Waals surface area contributed by atoms with Gasteiger partial charge in [-0.2, -0.15) is 0 Å². The summed E-state index contributed by atoms with van der Waals surface area (Å²) < 4.78 is 5.05. The molecule has 1 amide bonds. The van der Waals surface area contributed by atoms with Crippen molar-refractivity contribution in [2.75, 3.05) is 5.32 Å². The molecule has 0 aliphatic carbocycles. The smallest absolute Gasteiger partial charge is 0.349 e. The minimum Gasteiger partial charge on any atom is -0.508 e. The maximum atomic E-state index is 12.3. The number of rotatable bonds is 2. The van der Waals surface area contributed by atoms with Gasteiger partial charge in [0.25, 0.3) is 5.91 Å². The predicted molar refractivity (Wildman–Crippen MR) is 88.6 cm³/mol. The Balaban J connectivity index is 1.99. The van der Waals surface area contributed by atoms with Crippen molar-refractivity contribution in [2.24, 2.45) is 0 Å². The molecule has 0 fully saturated rings. The van der Waals surface area contributed by atoms with Gasteiger partial charge in [0.2, 0.25) is 0 Å². The third-order valence-electron chi connectivity index (χ3n) is 3.14. The molecule has 0 atom stereocenters. The van der Waals surface area contributed by atoms with Crippen LogP contribution in [-0.4, -0.2) is 11.0 Å². The topological polar surface area (TPSA) is 79.5 Å². The van der Waals surface area contributed by atoms with E-state index >= 15 is 0 Å². The van der Waals surface area contributed by atoms with Crippen molar-refractivity contribution in [2.45, 2.75) is 0 Å². The van der Waals surface area contributed by atoms with Crippen LogP contribution in [-0.2, 0) is 0 Å². The van der Waals surface area contributed by atoms with Crippen LogP contribution in [0.25, 0.3) is 11.0 Å². The van der Waals surface area contributed by atoms with Crippen LogP contribution in [0.2, 0.25) is 10.0 Å². The molecule has 23 heavy (non-hydrogen) atoms. The van der Waals surface area contributed by atoms with Gasteiger partial charge < -0.3 is 14.8 Å². The summed E-state index contributed by atoms with van der Waals surface area (Å²) >= 11 is 11.8. The predicted octanol–water partition coefficient (Wildman–Crippen LogP) is 4.06. The zero-order valence-electron chi connectivity index (χ0n) is 11.5. The Morgan fingerprint density at radius 1 is 1.09 bits per heavy atom. The summed E-state index contributed by atoms with van der Waals surface area (Å²) in [5.74, 6) is -0.691. The summed E-state index contributed by atoms with van der Waals surface area (Å²) in [5, 5.41) is 13.1. The molecule has 5 nitrogen and oxygen atoms in total. The Hall–Kier alpha value is -2.50. The number of halogens is 2. The molecule has 0 bridgehead atoms. The highest BCUT2D eigenvalue weighted by Gasteiger charge is 2.15. The minimum absolute atomic E-state index is 0.0363. The average molecular weight is 350 g/mol. The Morgan fingerprint density at radius 2 is 1.87 bits per heavy atom. The highest BCUT2D eigenvalue weighted by molar-refractivity contribution is 6.36. The molecule has 0 aliphatic rings. The van der Waals surface area contributed by atoms with E-state index in [4.69, 9.17) is 27.6 Å². The number of nitrogens with one attached hydrogen (secondary N) is 1. The molecule has 7 heteroatoms. The van der Waals surface area contributed by atoms with Gasteiger partial charge in [-0.25, -0.2) is 4.79 Å². The number of anilines is 1. The second kappa shape index (κ2) is 5.95. The molecule has 3 aromatic rings. The van der Waals surface area contributed by atoms with Gasteiger partial charge >= 0.3 is 5.63 Å². The Kier molecular flexibility index (Phi) is 3.98. The summed E-state index contributed by atoms with van der Waals surface area (Å²) in [7, 11) is 0. The van der Waals surface area contributed by atoms with E-state index in [-0.39, 0.29) is 21.9 Å². The first-order chi connectivity index (χ1) is 10.9. The number of aromatic hydroxyl groups is 1. The number of benzene rings is 2. The molecular formula is C16H9Cl2NO4. The fourth-order valence-corrected chi connectivity index (χ4v) is 2.49. The van der Waals surface area contributed by atoms with Crippen LogP contribution in [0.15, 0.2) is 51.7 Å². The van der Waals surface area contributed by atoms with Crippen LogP contribution >= 0.6 is 23.2 Å². The molecular weight excluding hydrogens is 341 g/mol. The van der Waals surface area contributed by atoms with Crippen molar-refractivity contribution in [1.82, 2.24) is 0 Å². The third-order valence-corrected chi connectivity index (χ3v) is 3.69. The van der Waals surface area contributed by atoms with Gasteiger partial charge in [-0.15, -0.1) is 0 Å². The van der Waals surface area contributed by atoms with Crippen molar-refractivity contribution in [3.63, 3.8) is 0 Å². The molecule has 0 radical (unpaired) electrons. The number of hydrogen-bond donors (Lipinski definition) is 2. The van der Waals surface area contributed by atoms with Crippen molar-refractivity contribution < 1.29 is 14.3 Å². The zero-order chi connectivity index (χ0) is 16.6. The molecule has 2 aromatic carbocycles. The summed E-state index contributed by atoms with van der Waals surface area (Å²) in [4.78, 5) is 24.2. The Labute approximate surface area is 140 Å². The van der Waals surface area contributed by atoms with Crippen molar-refractivity contribution in [3.05, 3.63) is 68.5 Å². The first-order valence-electron chi connectivity index (χ1n) is 6.47. The van der Waals surface area contributed by atoms with E-state index in [1.165, 1.54) is 30.3 Å². The third kappa shape index (κ3) is 3.16. The largest absolute Gasteiger partial charge is 0.508 e. The maximum Gasteiger partial charge on any atom is 0.349 e. The highest BCUT2D eigenvalue weighted by Crippen LogP contribution is 2.26. The molecule has 2 N–H and O–H groups in total. The van der Waals surface area contributed by atoms with Crippen molar-refractivity contribution in [3.8, 4) is 5.75 Å². The van der Waals surface area contributed by atoms with Gasteiger partial charge in [0, 0.05) is 16.5 Å². The van der Waals surface area contributed by atoms with Gasteiger partial charge in [0.05, 0.1) is 10.7 Å². The summed E-state index contributed by atoms with van der Waals surface area (Å²) in [6.07, 6.45) is 0. The average Bonchev–Trinajstić information content (AvgIpc) is 2.49. The lowest BCUT2D eigenvalue weighted by molar-refractivity contribution is 0.102. The first-order valence-corrected chi connectivity index (χ1v) is 7.23. The molecule has 116 valence electrons. The number of carbonyl (C=O) groups excluding carboxylic acids is 1. The van der Waals surface area contributed by atoms with E-state index in [9.17, 15) is 14.7 Å². The minimum atomic E-state index is -0.814. The van der Waals surface area contributed by atoms with Gasteiger partial charge in [0.15, 0.2) is 0 Å². The van der Waals surface area contributed by atoms with E-state index in [0.717, 1.165) is 0 Å². The monoisotopic (exact) mass is 349 g/mol. The second-order valence-electron chi connectivity index (χ2n) is 4.75. The van der Waals surface area contributed by atoms with E-state index in [2.05, 4.69) is 5.32 Å². The van der Waals surface area contributed by atoms with Crippen LogP contribution in [0.3, 0.4) is 0 Å². The number of hydrogen-bond acceptors (Lipinski definition) is 4. The van der Waals surface area contributed by atoms with E-state index in [0.29, 0.717) is 16.1 Å². The quantitative estimate of drug-likeness (QED) is 0.683. The standard InChI is InChI=1S/C16H9Cl2NO4/c17-9-2-4-13(12(18)6-9)19-15(21)11-5-8-1-3-10(20)7-14(8)23-16(11)22/h1-7,20H,(H,19,21). The molecule has 0 aliphatic heterocycles. The Bertz CT molecular complexity index is 981. The molecule has 0 spiro atoms. The summed E-state index contributed by atoms with van der Waals surface area (Å²) in [6, 6.07) is 10.2. The Morgan fingerprint density at radius 3 is 2.61 bits per heavy atom. The SMILES string of the molecule is O=C(Nc1ccc(Cl)cc1Cl)c1cc2ccc(O)cc2oc1=O. The van der Waals surface area contributed by atoms with Crippen molar-refractivity contribution >= 4 is 45.8 Å². The van der Waals surface area contributed by atoms with E-state index < -0.39 is 11.5 Å². The highest BCUT2D eigenvalue weighted by atomic mass is 35.5. The van der Waals surface area contributed by atoms with Crippen molar-refractivity contribution in [1.29, 1.82) is 0 Å². The first kappa shape index (κ1) is 15.4. The van der Waals surface area contributed by atoms with E-state index in [1.807, 2.05) is 0 Å². The molecule has 0 saturated heterocycles. The summed E-state index contributed by atoms with van der Waals surface area (Å²) in [5.41, 5.74) is -0.470. The lowest BCUT2D eigenvalue weighted by atomic mass is 10.1. The molecule has 1 aromatic heterocycles. The lowest BCUT2D eigenvalue weighted by Gasteiger charge is -2.07. The molecule has 3 rings (SSSR count). The van der Waals surface area contributed by atoms with Gasteiger partial charge in [-0.1, -0.05) is 23.2 Å². The zero-order valence-corrected chi connectivity index (χ0v) is 13.0. The number of fused-ring (bicyclic) bond motifs is 1. The van der Waals surface area contributed by atoms with Gasteiger partial charge in [0.1, 0.15) is 16.9 Å². The van der Waals surface area contributed by atoms with E-state index in [1.54, 1.807) is 12.1 Å². The molecule has 1 heterocycles. The van der Waals surface area contributed by atoms with Crippen LogP contribution in [0.5, 0.6) is 5.75 Å². The fourth-order valence-electron chi connectivity index (χ4n) is 2.04. The number of phenols is 1. The molecule has 0 unspecified atom stereocenters. The lowest BCUT2D eigenvalue weighted by Crippen LogP contribution is -2.20. The number of amides is 1. The number of carbonyl (C=O) groups is 1.